The van der Waals surface area contributed by atoms with Crippen LogP contribution in [0.2, 0.25) is 5.02 Å². The normalized spacial score (nSPS) is 10.6. The van der Waals surface area contributed by atoms with Crippen LogP contribution in [0.1, 0.15) is 20.4 Å². The Morgan fingerprint density at radius 2 is 1.96 bits per heavy atom. The molecule has 1 N–H and O–H groups in total. The quantitative estimate of drug-likeness (QED) is 0.646. The van der Waals surface area contributed by atoms with E-state index in [1.165, 1.54) is 42.5 Å². The van der Waals surface area contributed by atoms with Gasteiger partial charge in [0, 0.05) is 5.02 Å². The number of nitrogens with zero attached hydrogens (tertiary/aromatic N) is 1. The second-order valence-corrected chi connectivity index (χ2v) is 6.86. The Kier molecular flexibility index (Phi) is 5.49. The fraction of sp³-hybridized carbons (Fsp3) is 0.111. The minimum absolute atomic E-state index is 0.000544. The molecule has 26 heavy (non-hydrogen) atoms. The molecule has 1 heterocycles. The SMILES string of the molecule is Cc1nc(COc2ccc(F)cc2)sc1C(=O)Nc1cc(Cl)ccc1F. The van der Waals surface area contributed by atoms with E-state index in [0.29, 0.717) is 26.4 Å². The first kappa shape index (κ1) is 18.3. The van der Waals surface area contributed by atoms with Crippen LogP contribution in [-0.4, -0.2) is 10.9 Å². The van der Waals surface area contributed by atoms with Gasteiger partial charge in [0.05, 0.1) is 11.4 Å². The minimum atomic E-state index is -0.579. The second-order valence-electron chi connectivity index (χ2n) is 5.34. The number of aromatic nitrogens is 1. The number of carbonyl (C=O) groups excluding carboxylic acids is 1. The summed E-state index contributed by atoms with van der Waals surface area (Å²) in [4.78, 5) is 17.0. The molecule has 8 heteroatoms. The molecule has 4 nitrogen and oxygen atoms in total. The first-order valence-corrected chi connectivity index (χ1v) is 8.73. The Hall–Kier alpha value is -2.51. The molecule has 1 aromatic heterocycles. The highest BCUT2D eigenvalue weighted by molar-refractivity contribution is 7.13. The third kappa shape index (κ3) is 4.36. The van der Waals surface area contributed by atoms with Gasteiger partial charge in [-0.15, -0.1) is 11.3 Å². The third-order valence-corrected chi connectivity index (χ3v) is 4.76. The highest BCUT2D eigenvalue weighted by Crippen LogP contribution is 2.24. The lowest BCUT2D eigenvalue weighted by Gasteiger charge is -2.05. The summed E-state index contributed by atoms with van der Waals surface area (Å²) in [7, 11) is 0. The smallest absolute Gasteiger partial charge is 0.267 e. The summed E-state index contributed by atoms with van der Waals surface area (Å²) in [5, 5.41) is 3.38. The molecule has 1 amide bonds. The number of amides is 1. The van der Waals surface area contributed by atoms with Crippen molar-refractivity contribution in [2.45, 2.75) is 13.5 Å². The molecule has 0 saturated heterocycles. The molecule has 0 fully saturated rings. The van der Waals surface area contributed by atoms with Crippen LogP contribution in [0.3, 0.4) is 0 Å². The van der Waals surface area contributed by atoms with Gasteiger partial charge in [-0.1, -0.05) is 11.6 Å². The standard InChI is InChI=1S/C18H13ClF2N2O2S/c1-10-17(18(24)23-15-8-11(19)2-7-14(15)21)26-16(22-10)9-25-13-5-3-12(20)4-6-13/h2-8H,9H2,1H3,(H,23,24). The van der Waals surface area contributed by atoms with Crippen molar-refractivity contribution < 1.29 is 18.3 Å². The topological polar surface area (TPSA) is 51.2 Å². The highest BCUT2D eigenvalue weighted by Gasteiger charge is 2.17. The average Bonchev–Trinajstić information content (AvgIpc) is 2.98. The van der Waals surface area contributed by atoms with Crippen molar-refractivity contribution in [1.29, 1.82) is 0 Å². The van der Waals surface area contributed by atoms with Crippen LogP contribution in [0.4, 0.5) is 14.5 Å². The first-order valence-electron chi connectivity index (χ1n) is 7.53. The van der Waals surface area contributed by atoms with Gasteiger partial charge in [-0.25, -0.2) is 13.8 Å². The largest absolute Gasteiger partial charge is 0.486 e. The molecule has 3 rings (SSSR count). The van der Waals surface area contributed by atoms with E-state index < -0.39 is 11.7 Å². The summed E-state index contributed by atoms with van der Waals surface area (Å²) in [6.45, 7) is 1.82. The fourth-order valence-electron chi connectivity index (χ4n) is 2.17. The molecule has 0 aliphatic carbocycles. The zero-order chi connectivity index (χ0) is 18.7. The summed E-state index contributed by atoms with van der Waals surface area (Å²) >= 11 is 6.96. The van der Waals surface area contributed by atoms with Crippen LogP contribution in [0, 0.1) is 18.6 Å². The molecular weight excluding hydrogens is 382 g/mol. The van der Waals surface area contributed by atoms with Crippen molar-refractivity contribution in [3.05, 3.63) is 74.7 Å². The number of thiazole rings is 1. The third-order valence-electron chi connectivity index (χ3n) is 3.40. The maximum atomic E-state index is 13.8. The van der Waals surface area contributed by atoms with Crippen molar-refractivity contribution in [3.8, 4) is 5.75 Å². The number of nitrogens with one attached hydrogen (secondary N) is 1. The van der Waals surface area contributed by atoms with E-state index in [1.54, 1.807) is 6.92 Å². The number of aryl methyl sites for hydroxylation is 1. The van der Waals surface area contributed by atoms with Gasteiger partial charge in [-0.05, 0) is 49.4 Å². The zero-order valence-electron chi connectivity index (χ0n) is 13.6. The van der Waals surface area contributed by atoms with Gasteiger partial charge in [-0.2, -0.15) is 0 Å². The van der Waals surface area contributed by atoms with Crippen LogP contribution in [0.5, 0.6) is 5.75 Å². The molecule has 0 bridgehead atoms. The Morgan fingerprint density at radius 3 is 2.69 bits per heavy atom. The van der Waals surface area contributed by atoms with Crippen molar-refractivity contribution in [3.63, 3.8) is 0 Å². The predicted octanol–water partition coefficient (Wildman–Crippen LogP) is 5.21. The van der Waals surface area contributed by atoms with E-state index >= 15 is 0 Å². The van der Waals surface area contributed by atoms with Gasteiger partial charge in [0.2, 0.25) is 0 Å². The van der Waals surface area contributed by atoms with E-state index in [4.69, 9.17) is 16.3 Å². The van der Waals surface area contributed by atoms with Gasteiger partial charge in [0.1, 0.15) is 33.9 Å². The fourth-order valence-corrected chi connectivity index (χ4v) is 3.22. The van der Waals surface area contributed by atoms with Crippen molar-refractivity contribution in [1.82, 2.24) is 4.98 Å². The van der Waals surface area contributed by atoms with E-state index in [2.05, 4.69) is 10.3 Å². The summed E-state index contributed by atoms with van der Waals surface area (Å²) in [5.74, 6) is -0.917. The number of anilines is 1. The maximum Gasteiger partial charge on any atom is 0.267 e. The first-order chi connectivity index (χ1) is 12.4. The van der Waals surface area contributed by atoms with Gasteiger partial charge in [0.15, 0.2) is 0 Å². The van der Waals surface area contributed by atoms with Crippen molar-refractivity contribution >= 4 is 34.5 Å². The number of hydrogen-bond acceptors (Lipinski definition) is 4. The molecule has 0 aliphatic heterocycles. The molecule has 0 aliphatic rings. The van der Waals surface area contributed by atoms with Crippen molar-refractivity contribution in [2.24, 2.45) is 0 Å². The molecule has 2 aromatic carbocycles. The van der Waals surface area contributed by atoms with Crippen LogP contribution < -0.4 is 10.1 Å². The van der Waals surface area contributed by atoms with Gasteiger partial charge in [0.25, 0.3) is 5.91 Å². The van der Waals surface area contributed by atoms with E-state index in [-0.39, 0.29) is 18.1 Å². The summed E-state index contributed by atoms with van der Waals surface area (Å²) in [5.41, 5.74) is 0.507. The molecule has 3 aromatic rings. The lowest BCUT2D eigenvalue weighted by Crippen LogP contribution is -2.12. The maximum absolute atomic E-state index is 13.8. The summed E-state index contributed by atoms with van der Waals surface area (Å²) in [6.07, 6.45) is 0. The lowest BCUT2D eigenvalue weighted by atomic mass is 10.3. The van der Waals surface area contributed by atoms with Crippen molar-refractivity contribution in [2.75, 3.05) is 5.32 Å². The molecule has 0 radical (unpaired) electrons. The molecule has 0 spiro atoms. The van der Waals surface area contributed by atoms with Crippen LogP contribution >= 0.6 is 22.9 Å². The van der Waals surface area contributed by atoms with Crippen LogP contribution in [0.15, 0.2) is 42.5 Å². The molecule has 0 saturated carbocycles. The van der Waals surface area contributed by atoms with Crippen LogP contribution in [-0.2, 0) is 6.61 Å². The van der Waals surface area contributed by atoms with Gasteiger partial charge >= 0.3 is 0 Å². The zero-order valence-corrected chi connectivity index (χ0v) is 15.1. The highest BCUT2D eigenvalue weighted by atomic mass is 35.5. The summed E-state index contributed by atoms with van der Waals surface area (Å²) in [6, 6.07) is 9.51. The van der Waals surface area contributed by atoms with Gasteiger partial charge in [-0.3, -0.25) is 4.79 Å². The Balaban J connectivity index is 1.69. The van der Waals surface area contributed by atoms with E-state index in [9.17, 15) is 13.6 Å². The van der Waals surface area contributed by atoms with E-state index in [1.807, 2.05) is 0 Å². The number of halogens is 3. The number of ether oxygens (including phenoxy) is 1. The molecule has 0 unspecified atom stereocenters. The summed E-state index contributed by atoms with van der Waals surface area (Å²) < 4.78 is 32.2. The number of hydrogen-bond donors (Lipinski definition) is 1. The Bertz CT molecular complexity index is 945. The molecule has 0 atom stereocenters. The van der Waals surface area contributed by atoms with E-state index in [0.717, 1.165) is 11.3 Å². The Labute approximate surface area is 157 Å². The predicted molar refractivity (Wildman–Crippen MR) is 96.9 cm³/mol. The number of carbonyl (C=O) groups is 1. The number of rotatable bonds is 5. The Morgan fingerprint density at radius 1 is 1.23 bits per heavy atom. The monoisotopic (exact) mass is 394 g/mol. The molecule has 134 valence electrons. The average molecular weight is 395 g/mol. The number of benzene rings is 2. The lowest BCUT2D eigenvalue weighted by molar-refractivity contribution is 0.102. The second kappa shape index (κ2) is 7.80. The molecular formula is C18H13ClF2N2O2S. The minimum Gasteiger partial charge on any atom is -0.486 e. The van der Waals surface area contributed by atoms with Crippen LogP contribution in [0.25, 0.3) is 0 Å². The van der Waals surface area contributed by atoms with Gasteiger partial charge < -0.3 is 10.1 Å².